The monoisotopic (exact) mass is 468 g/mol. The van der Waals surface area contributed by atoms with Gasteiger partial charge in [0.2, 0.25) is 5.89 Å². The van der Waals surface area contributed by atoms with E-state index in [1.807, 2.05) is 0 Å². The number of esters is 1. The summed E-state index contributed by atoms with van der Waals surface area (Å²) in [5, 5.41) is 0.593. The van der Waals surface area contributed by atoms with Crippen molar-refractivity contribution in [3.05, 3.63) is 78.9 Å². The van der Waals surface area contributed by atoms with Crippen LogP contribution in [0.25, 0.3) is 22.5 Å². The van der Waals surface area contributed by atoms with Gasteiger partial charge in [-0.15, -0.1) is 0 Å². The Morgan fingerprint density at radius 2 is 1.85 bits per heavy atom. The summed E-state index contributed by atoms with van der Waals surface area (Å²) in [4.78, 5) is 47.8. The lowest BCUT2D eigenvalue weighted by Gasteiger charge is -2.12. The van der Waals surface area contributed by atoms with Gasteiger partial charge < -0.3 is 9.15 Å². The molecule has 10 heteroatoms. The molecule has 0 amide bonds. The second kappa shape index (κ2) is 8.67. The van der Waals surface area contributed by atoms with E-state index in [2.05, 4.69) is 9.97 Å². The predicted molar refractivity (Wildman–Crippen MR) is 123 cm³/mol. The van der Waals surface area contributed by atoms with Gasteiger partial charge >= 0.3 is 11.7 Å². The molecule has 3 aromatic heterocycles. The van der Waals surface area contributed by atoms with E-state index in [9.17, 15) is 14.4 Å². The molecule has 0 aliphatic heterocycles. The first-order chi connectivity index (χ1) is 15.7. The molecule has 0 bridgehead atoms. The molecule has 0 aliphatic carbocycles. The number of hydrogen-bond acceptors (Lipinski definition) is 7. The number of pyridine rings is 1. The highest BCUT2D eigenvalue weighted by atomic mass is 35.5. The van der Waals surface area contributed by atoms with E-state index in [1.165, 1.54) is 17.7 Å². The molecule has 33 heavy (non-hydrogen) atoms. The lowest BCUT2D eigenvalue weighted by Crippen LogP contribution is -2.40. The molecule has 170 valence electrons. The number of benzene rings is 1. The average molecular weight is 469 g/mol. The average Bonchev–Trinajstić information content (AvgIpc) is 3.15. The fraction of sp³-hybridized carbons (Fsp3) is 0.261. The summed E-state index contributed by atoms with van der Waals surface area (Å²) in [6, 6.07) is 8.43. The van der Waals surface area contributed by atoms with Crippen molar-refractivity contribution in [2.45, 2.75) is 27.3 Å². The highest BCUT2D eigenvalue weighted by molar-refractivity contribution is 6.30. The second-order valence-corrected chi connectivity index (χ2v) is 7.93. The number of aromatic nitrogens is 4. The summed E-state index contributed by atoms with van der Waals surface area (Å²) in [5.41, 5.74) is 0.538. The van der Waals surface area contributed by atoms with Crippen LogP contribution < -0.4 is 11.2 Å². The molecule has 4 aromatic rings. The molecule has 0 N–H and O–H groups in total. The summed E-state index contributed by atoms with van der Waals surface area (Å²) >= 11 is 5.94. The minimum atomic E-state index is -0.655. The first-order valence-corrected chi connectivity index (χ1v) is 10.6. The molecule has 0 unspecified atom stereocenters. The lowest BCUT2D eigenvalue weighted by atomic mass is 10.1. The van der Waals surface area contributed by atoms with E-state index < -0.39 is 17.2 Å². The molecule has 0 aliphatic rings. The molecule has 0 spiro atoms. The summed E-state index contributed by atoms with van der Waals surface area (Å²) in [6.07, 6.45) is 0. The van der Waals surface area contributed by atoms with Crippen molar-refractivity contribution in [2.24, 2.45) is 7.05 Å². The fourth-order valence-corrected chi connectivity index (χ4v) is 3.68. The number of ether oxygens (including phenoxy) is 1. The van der Waals surface area contributed by atoms with Gasteiger partial charge in [0.05, 0.1) is 24.1 Å². The normalized spacial score (nSPS) is 11.2. The molecule has 3 heterocycles. The van der Waals surface area contributed by atoms with Crippen LogP contribution in [0, 0.1) is 13.8 Å². The Labute approximate surface area is 193 Å². The molecule has 0 fully saturated rings. The Morgan fingerprint density at radius 1 is 1.15 bits per heavy atom. The number of carbonyl (C=O) groups excluding carboxylic acids is 1. The van der Waals surface area contributed by atoms with Crippen molar-refractivity contribution < 1.29 is 13.9 Å². The van der Waals surface area contributed by atoms with Crippen molar-refractivity contribution >= 4 is 28.6 Å². The Balaban J connectivity index is 1.87. The molecule has 0 radical (unpaired) electrons. The molecule has 1 aromatic carbocycles. The van der Waals surface area contributed by atoms with Crippen LogP contribution in [0.1, 0.15) is 34.4 Å². The number of rotatable bonds is 5. The van der Waals surface area contributed by atoms with Crippen LogP contribution >= 0.6 is 11.6 Å². The van der Waals surface area contributed by atoms with Gasteiger partial charge in [0.15, 0.2) is 0 Å². The molecule has 0 saturated carbocycles. The van der Waals surface area contributed by atoms with Gasteiger partial charge in [0.1, 0.15) is 17.1 Å². The van der Waals surface area contributed by atoms with E-state index in [1.54, 1.807) is 45.0 Å². The SMILES string of the molecule is CCOC(=O)c1cc(C)nc2c1c(=O)n(Cc1nc(-c3ccc(Cl)cc3)oc1C)c(=O)n2C. The highest BCUT2D eigenvalue weighted by Gasteiger charge is 2.22. The Kier molecular flexibility index (Phi) is 5.90. The Morgan fingerprint density at radius 3 is 2.52 bits per heavy atom. The zero-order valence-corrected chi connectivity index (χ0v) is 19.3. The van der Waals surface area contributed by atoms with Gasteiger partial charge in [0, 0.05) is 23.3 Å². The predicted octanol–water partition coefficient (Wildman–Crippen LogP) is 3.25. The number of carbonyl (C=O) groups is 1. The zero-order valence-electron chi connectivity index (χ0n) is 18.5. The second-order valence-electron chi connectivity index (χ2n) is 7.49. The van der Waals surface area contributed by atoms with E-state index >= 15 is 0 Å². The van der Waals surface area contributed by atoms with Crippen LogP contribution in [0.2, 0.25) is 5.02 Å². The molecular formula is C23H21ClN4O5. The van der Waals surface area contributed by atoms with E-state index in [-0.39, 0.29) is 29.7 Å². The molecule has 9 nitrogen and oxygen atoms in total. The minimum absolute atomic E-state index is 0.0141. The summed E-state index contributed by atoms with van der Waals surface area (Å²) < 4.78 is 13.1. The Bertz CT molecular complexity index is 1500. The lowest BCUT2D eigenvalue weighted by molar-refractivity contribution is 0.0528. The smallest absolute Gasteiger partial charge is 0.339 e. The number of fused-ring (bicyclic) bond motifs is 1. The third-order valence-electron chi connectivity index (χ3n) is 5.21. The number of oxazole rings is 1. The van der Waals surface area contributed by atoms with Gasteiger partial charge in [-0.05, 0) is 51.1 Å². The van der Waals surface area contributed by atoms with Crippen LogP contribution in [0.15, 0.2) is 44.3 Å². The summed E-state index contributed by atoms with van der Waals surface area (Å²) in [7, 11) is 1.50. The van der Waals surface area contributed by atoms with Gasteiger partial charge in [-0.3, -0.25) is 13.9 Å². The van der Waals surface area contributed by atoms with Crippen molar-refractivity contribution in [1.29, 1.82) is 0 Å². The maximum Gasteiger partial charge on any atom is 0.339 e. The minimum Gasteiger partial charge on any atom is -0.462 e. The maximum atomic E-state index is 13.4. The highest BCUT2D eigenvalue weighted by Crippen LogP contribution is 2.24. The maximum absolute atomic E-state index is 13.4. The van der Waals surface area contributed by atoms with Crippen LogP contribution in [-0.4, -0.2) is 31.7 Å². The number of aryl methyl sites for hydroxylation is 3. The number of nitrogens with zero attached hydrogens (tertiary/aromatic N) is 4. The molecular weight excluding hydrogens is 448 g/mol. The van der Waals surface area contributed by atoms with E-state index in [0.717, 1.165) is 4.57 Å². The van der Waals surface area contributed by atoms with E-state index in [4.69, 9.17) is 20.8 Å². The number of hydrogen-bond donors (Lipinski definition) is 0. The first kappa shape index (κ1) is 22.5. The summed E-state index contributed by atoms with van der Waals surface area (Å²) in [6.45, 7) is 5.06. The van der Waals surface area contributed by atoms with Crippen LogP contribution in [0.5, 0.6) is 0 Å². The molecule has 0 saturated heterocycles. The zero-order chi connectivity index (χ0) is 23.9. The third kappa shape index (κ3) is 4.07. The van der Waals surface area contributed by atoms with Crippen molar-refractivity contribution in [3.8, 4) is 11.5 Å². The Hall–Kier alpha value is -3.72. The molecule has 0 atom stereocenters. The number of halogens is 1. The van der Waals surface area contributed by atoms with Gasteiger partial charge in [-0.25, -0.2) is 19.6 Å². The van der Waals surface area contributed by atoms with Crippen molar-refractivity contribution in [3.63, 3.8) is 0 Å². The molecule has 4 rings (SSSR count). The quantitative estimate of drug-likeness (QED) is 0.413. The summed E-state index contributed by atoms with van der Waals surface area (Å²) in [5.74, 6) is 0.147. The van der Waals surface area contributed by atoms with Gasteiger partial charge in [-0.2, -0.15) is 0 Å². The largest absolute Gasteiger partial charge is 0.462 e. The third-order valence-corrected chi connectivity index (χ3v) is 5.46. The van der Waals surface area contributed by atoms with Gasteiger partial charge in [0.25, 0.3) is 5.56 Å². The van der Waals surface area contributed by atoms with Crippen LogP contribution in [0.3, 0.4) is 0 Å². The van der Waals surface area contributed by atoms with Gasteiger partial charge in [-0.1, -0.05) is 11.6 Å². The van der Waals surface area contributed by atoms with Crippen LogP contribution in [0.4, 0.5) is 0 Å². The van der Waals surface area contributed by atoms with Crippen molar-refractivity contribution in [1.82, 2.24) is 19.1 Å². The van der Waals surface area contributed by atoms with Crippen LogP contribution in [-0.2, 0) is 18.3 Å². The topological polar surface area (TPSA) is 109 Å². The standard InChI is InChI=1S/C23H21ClN4O5/c1-5-32-22(30)16-10-12(2)25-19-18(16)21(29)28(23(31)27(19)4)11-17-13(3)33-20(26-17)14-6-8-15(24)9-7-14/h6-10H,5,11H2,1-4H3. The fourth-order valence-electron chi connectivity index (χ4n) is 3.55. The van der Waals surface area contributed by atoms with Crippen molar-refractivity contribution in [2.75, 3.05) is 6.61 Å². The van der Waals surface area contributed by atoms with E-state index in [0.29, 0.717) is 33.6 Å². The first-order valence-electron chi connectivity index (χ1n) is 10.2.